The maximum absolute atomic E-state index is 12.5. The molecule has 1 aliphatic heterocycles. The minimum atomic E-state index is 0.0614. The van der Waals surface area contributed by atoms with Gasteiger partial charge in [-0.05, 0) is 50.8 Å². The second kappa shape index (κ2) is 7.56. The van der Waals surface area contributed by atoms with Gasteiger partial charge in [0.1, 0.15) is 0 Å². The zero-order valence-electron chi connectivity index (χ0n) is 15.4. The van der Waals surface area contributed by atoms with Gasteiger partial charge in [-0.15, -0.1) is 0 Å². The number of amides is 1. The van der Waals surface area contributed by atoms with Crippen LogP contribution in [0.3, 0.4) is 0 Å². The standard InChI is InChI=1S/C20H31N3O/c1-15-7-6-10-19(16(15)2)23-13-11-22(12-14-23)17(3)20(24)21-18-8-4-5-9-18/h6-7,10,17-18H,4-5,8-9,11-14H2,1-3H3,(H,21,24)/p+1/t17-/m0/s1. The van der Waals surface area contributed by atoms with Crippen molar-refractivity contribution in [3.63, 3.8) is 0 Å². The third-order valence-corrected chi connectivity index (χ3v) is 6.03. The number of anilines is 1. The van der Waals surface area contributed by atoms with Crippen molar-refractivity contribution >= 4 is 11.6 Å². The molecular weight excluding hydrogens is 298 g/mol. The van der Waals surface area contributed by atoms with Crippen molar-refractivity contribution in [2.75, 3.05) is 31.1 Å². The highest BCUT2D eigenvalue weighted by Gasteiger charge is 2.31. The Balaban J connectivity index is 1.54. The largest absolute Gasteiger partial charge is 0.360 e. The predicted octanol–water partition coefficient (Wildman–Crippen LogP) is 1.46. The smallest absolute Gasteiger partial charge is 0.278 e. The molecule has 1 amide bonds. The van der Waals surface area contributed by atoms with Gasteiger partial charge in [0.2, 0.25) is 0 Å². The number of piperazine rings is 1. The molecule has 1 aliphatic carbocycles. The molecule has 2 aliphatic rings. The van der Waals surface area contributed by atoms with E-state index in [4.69, 9.17) is 0 Å². The van der Waals surface area contributed by atoms with E-state index in [1.165, 1.54) is 34.6 Å². The second-order valence-corrected chi connectivity index (χ2v) is 7.58. The Bertz CT molecular complexity index is 572. The molecule has 2 fully saturated rings. The van der Waals surface area contributed by atoms with Crippen LogP contribution in [0.5, 0.6) is 0 Å². The molecule has 2 N–H and O–H groups in total. The first-order valence-electron chi connectivity index (χ1n) is 9.52. The lowest BCUT2D eigenvalue weighted by molar-refractivity contribution is -0.914. The molecule has 4 nitrogen and oxygen atoms in total. The molecule has 24 heavy (non-hydrogen) atoms. The average molecular weight is 330 g/mol. The fourth-order valence-corrected chi connectivity index (χ4v) is 4.13. The Morgan fingerprint density at radius 2 is 1.88 bits per heavy atom. The second-order valence-electron chi connectivity index (χ2n) is 7.58. The fraction of sp³-hybridized carbons (Fsp3) is 0.650. The molecule has 132 valence electrons. The van der Waals surface area contributed by atoms with Crippen molar-refractivity contribution in [1.82, 2.24) is 5.32 Å². The van der Waals surface area contributed by atoms with E-state index >= 15 is 0 Å². The number of benzene rings is 1. The third kappa shape index (κ3) is 3.75. The Labute approximate surface area is 146 Å². The van der Waals surface area contributed by atoms with Gasteiger partial charge in [-0.25, -0.2) is 0 Å². The van der Waals surface area contributed by atoms with Crippen LogP contribution in [0.15, 0.2) is 18.2 Å². The molecule has 0 bridgehead atoms. The molecule has 1 aromatic carbocycles. The van der Waals surface area contributed by atoms with Crippen LogP contribution in [0.1, 0.15) is 43.7 Å². The normalized spacial score (nSPS) is 21.0. The van der Waals surface area contributed by atoms with Crippen molar-refractivity contribution in [2.45, 2.75) is 58.5 Å². The molecule has 0 spiro atoms. The summed E-state index contributed by atoms with van der Waals surface area (Å²) < 4.78 is 0. The van der Waals surface area contributed by atoms with Gasteiger partial charge in [0, 0.05) is 11.7 Å². The summed E-state index contributed by atoms with van der Waals surface area (Å²) in [6.45, 7) is 10.6. The van der Waals surface area contributed by atoms with Gasteiger partial charge in [-0.1, -0.05) is 25.0 Å². The molecule has 0 radical (unpaired) electrons. The number of nitrogens with one attached hydrogen (secondary N) is 2. The van der Waals surface area contributed by atoms with Gasteiger partial charge in [0.15, 0.2) is 6.04 Å². The van der Waals surface area contributed by atoms with Crippen molar-refractivity contribution in [3.05, 3.63) is 29.3 Å². The Morgan fingerprint density at radius 1 is 1.21 bits per heavy atom. The summed E-state index contributed by atoms with van der Waals surface area (Å²) >= 11 is 0. The van der Waals surface area contributed by atoms with Gasteiger partial charge in [-0.2, -0.15) is 0 Å². The summed E-state index contributed by atoms with van der Waals surface area (Å²) in [7, 11) is 0. The summed E-state index contributed by atoms with van der Waals surface area (Å²) in [4.78, 5) is 16.4. The average Bonchev–Trinajstić information content (AvgIpc) is 3.10. The van der Waals surface area contributed by atoms with E-state index in [0.717, 1.165) is 39.0 Å². The Hall–Kier alpha value is -1.55. The maximum Gasteiger partial charge on any atom is 0.278 e. The highest BCUT2D eigenvalue weighted by Crippen LogP contribution is 2.22. The van der Waals surface area contributed by atoms with Crippen LogP contribution in [0.4, 0.5) is 5.69 Å². The number of quaternary nitrogens is 1. The molecule has 4 heteroatoms. The highest BCUT2D eigenvalue weighted by atomic mass is 16.2. The highest BCUT2D eigenvalue weighted by molar-refractivity contribution is 5.80. The van der Waals surface area contributed by atoms with E-state index in [1.807, 2.05) is 0 Å². The van der Waals surface area contributed by atoms with Gasteiger partial charge >= 0.3 is 0 Å². The van der Waals surface area contributed by atoms with Gasteiger partial charge in [0.05, 0.1) is 26.2 Å². The lowest BCUT2D eigenvalue weighted by Gasteiger charge is -2.37. The van der Waals surface area contributed by atoms with E-state index in [0.29, 0.717) is 6.04 Å². The first kappa shape index (κ1) is 17.3. The zero-order chi connectivity index (χ0) is 17.1. The lowest BCUT2D eigenvalue weighted by atomic mass is 10.1. The van der Waals surface area contributed by atoms with E-state index in [1.54, 1.807) is 0 Å². The molecule has 1 heterocycles. The molecule has 0 unspecified atom stereocenters. The van der Waals surface area contributed by atoms with Crippen LogP contribution < -0.4 is 15.1 Å². The van der Waals surface area contributed by atoms with Crippen LogP contribution in [0.25, 0.3) is 0 Å². The number of aryl methyl sites for hydroxylation is 1. The van der Waals surface area contributed by atoms with E-state index in [-0.39, 0.29) is 11.9 Å². The molecule has 0 aromatic heterocycles. The molecular formula is C20H32N3O+. The monoisotopic (exact) mass is 330 g/mol. The zero-order valence-corrected chi connectivity index (χ0v) is 15.4. The minimum absolute atomic E-state index is 0.0614. The van der Waals surface area contributed by atoms with Crippen LogP contribution in [-0.4, -0.2) is 44.2 Å². The number of hydrogen-bond donors (Lipinski definition) is 2. The van der Waals surface area contributed by atoms with Crippen LogP contribution >= 0.6 is 0 Å². The molecule has 1 atom stereocenters. The lowest BCUT2D eigenvalue weighted by Crippen LogP contribution is -3.19. The van der Waals surface area contributed by atoms with Crippen LogP contribution in [0, 0.1) is 13.8 Å². The molecule has 1 saturated heterocycles. The molecule has 3 rings (SSSR count). The van der Waals surface area contributed by atoms with Crippen molar-refractivity contribution < 1.29 is 9.69 Å². The van der Waals surface area contributed by atoms with Crippen LogP contribution in [-0.2, 0) is 4.79 Å². The first-order chi connectivity index (χ1) is 11.6. The molecule has 1 saturated carbocycles. The van der Waals surface area contributed by atoms with Crippen molar-refractivity contribution in [1.29, 1.82) is 0 Å². The SMILES string of the molecule is Cc1cccc(N2CC[NH+]([C@@H](C)C(=O)NC3CCCC3)CC2)c1C. The quantitative estimate of drug-likeness (QED) is 0.877. The predicted molar refractivity (Wildman–Crippen MR) is 98.7 cm³/mol. The maximum atomic E-state index is 12.5. The fourth-order valence-electron chi connectivity index (χ4n) is 4.13. The number of nitrogens with zero attached hydrogens (tertiary/aromatic N) is 1. The summed E-state index contributed by atoms with van der Waals surface area (Å²) in [6.07, 6.45) is 4.85. The molecule has 1 aromatic rings. The van der Waals surface area contributed by atoms with E-state index in [9.17, 15) is 4.79 Å². The third-order valence-electron chi connectivity index (χ3n) is 6.03. The van der Waals surface area contributed by atoms with Crippen molar-refractivity contribution in [2.24, 2.45) is 0 Å². The minimum Gasteiger partial charge on any atom is -0.360 e. The summed E-state index contributed by atoms with van der Waals surface area (Å²) in [5.74, 6) is 0.247. The van der Waals surface area contributed by atoms with Crippen molar-refractivity contribution in [3.8, 4) is 0 Å². The van der Waals surface area contributed by atoms with E-state index in [2.05, 4.69) is 49.2 Å². The first-order valence-corrected chi connectivity index (χ1v) is 9.52. The number of rotatable bonds is 4. The Kier molecular flexibility index (Phi) is 5.44. The van der Waals surface area contributed by atoms with Gasteiger partial charge in [0.25, 0.3) is 5.91 Å². The summed E-state index contributed by atoms with van der Waals surface area (Å²) in [6, 6.07) is 7.04. The number of hydrogen-bond acceptors (Lipinski definition) is 2. The summed E-state index contributed by atoms with van der Waals surface area (Å²) in [5.41, 5.74) is 4.09. The topological polar surface area (TPSA) is 36.8 Å². The number of carbonyl (C=O) groups is 1. The summed E-state index contributed by atoms with van der Waals surface area (Å²) in [5, 5.41) is 3.26. The van der Waals surface area contributed by atoms with Gasteiger partial charge in [-0.3, -0.25) is 4.79 Å². The number of carbonyl (C=O) groups excluding carboxylic acids is 1. The van der Waals surface area contributed by atoms with Gasteiger partial charge < -0.3 is 15.1 Å². The Morgan fingerprint density at radius 3 is 2.54 bits per heavy atom. The van der Waals surface area contributed by atoms with Crippen LogP contribution in [0.2, 0.25) is 0 Å². The van der Waals surface area contributed by atoms with E-state index < -0.39 is 0 Å².